The molecule has 3 heteroatoms. The maximum Gasteiger partial charge on any atom is 0.253 e. The summed E-state index contributed by atoms with van der Waals surface area (Å²) in [5.41, 5.74) is 5.80. The number of halogens is 2. The van der Waals surface area contributed by atoms with Crippen LogP contribution in [0.4, 0.5) is 8.78 Å². The van der Waals surface area contributed by atoms with E-state index in [4.69, 9.17) is 5.73 Å². The van der Waals surface area contributed by atoms with E-state index in [1.54, 1.807) is 0 Å². The normalized spacial score (nSPS) is 30.6. The molecule has 1 nitrogen and oxygen atoms in total. The third kappa shape index (κ3) is 3.40. The fourth-order valence-corrected chi connectivity index (χ4v) is 2.58. The quantitative estimate of drug-likeness (QED) is 0.756. The van der Waals surface area contributed by atoms with Crippen LogP contribution in [0, 0.1) is 17.3 Å². The molecule has 0 aromatic carbocycles. The first-order chi connectivity index (χ1) is 6.82. The van der Waals surface area contributed by atoms with E-state index in [0.29, 0.717) is 11.3 Å². The monoisotopic (exact) mass is 219 g/mol. The summed E-state index contributed by atoms with van der Waals surface area (Å²) in [6, 6.07) is -0.911. The van der Waals surface area contributed by atoms with Crippen LogP contribution in [0.2, 0.25) is 0 Å². The van der Waals surface area contributed by atoms with Crippen LogP contribution < -0.4 is 5.73 Å². The Balaban J connectivity index is 2.42. The van der Waals surface area contributed by atoms with Crippen molar-refractivity contribution in [2.45, 2.75) is 58.9 Å². The highest BCUT2D eigenvalue weighted by Gasteiger charge is 2.34. The minimum absolute atomic E-state index is 0.0311. The molecule has 0 saturated heterocycles. The van der Waals surface area contributed by atoms with Crippen LogP contribution in [0.25, 0.3) is 0 Å². The van der Waals surface area contributed by atoms with Crippen molar-refractivity contribution in [3.05, 3.63) is 0 Å². The van der Waals surface area contributed by atoms with Crippen LogP contribution in [-0.2, 0) is 0 Å². The molecular formula is C12H23F2N. The van der Waals surface area contributed by atoms with Crippen LogP contribution in [0.3, 0.4) is 0 Å². The van der Waals surface area contributed by atoms with E-state index in [1.807, 2.05) is 0 Å². The van der Waals surface area contributed by atoms with Gasteiger partial charge in [-0.05, 0) is 42.9 Å². The van der Waals surface area contributed by atoms with Crippen LogP contribution in [0.15, 0.2) is 0 Å². The zero-order valence-corrected chi connectivity index (χ0v) is 9.97. The van der Waals surface area contributed by atoms with E-state index in [-0.39, 0.29) is 5.92 Å². The van der Waals surface area contributed by atoms with Gasteiger partial charge < -0.3 is 5.73 Å². The molecule has 1 rings (SSSR count). The molecule has 1 saturated carbocycles. The van der Waals surface area contributed by atoms with Crippen molar-refractivity contribution < 1.29 is 8.78 Å². The summed E-state index contributed by atoms with van der Waals surface area (Å²) in [4.78, 5) is 0. The second kappa shape index (κ2) is 4.77. The zero-order chi connectivity index (χ0) is 11.6. The molecule has 0 bridgehead atoms. The molecule has 15 heavy (non-hydrogen) atoms. The minimum atomic E-state index is -2.36. The van der Waals surface area contributed by atoms with E-state index in [2.05, 4.69) is 20.8 Å². The van der Waals surface area contributed by atoms with Crippen molar-refractivity contribution in [2.24, 2.45) is 23.0 Å². The Kier molecular flexibility index (Phi) is 4.10. The van der Waals surface area contributed by atoms with Crippen molar-refractivity contribution >= 4 is 0 Å². The lowest BCUT2D eigenvalue weighted by atomic mass is 9.68. The highest BCUT2D eigenvalue weighted by Crippen LogP contribution is 2.40. The summed E-state index contributed by atoms with van der Waals surface area (Å²) in [6.45, 7) is 6.68. The van der Waals surface area contributed by atoms with Gasteiger partial charge in [0.1, 0.15) is 0 Å². The van der Waals surface area contributed by atoms with Gasteiger partial charge in [-0.1, -0.05) is 20.8 Å². The van der Waals surface area contributed by atoms with Crippen molar-refractivity contribution in [3.8, 4) is 0 Å². The summed E-state index contributed by atoms with van der Waals surface area (Å²) in [5, 5.41) is 0. The maximum atomic E-state index is 12.4. The van der Waals surface area contributed by atoms with Gasteiger partial charge in [0, 0.05) is 0 Å². The van der Waals surface area contributed by atoms with Gasteiger partial charge in [-0.2, -0.15) is 0 Å². The Morgan fingerprint density at radius 3 is 1.87 bits per heavy atom. The lowest BCUT2D eigenvalue weighted by Crippen LogP contribution is -2.40. The molecule has 1 aliphatic rings. The number of rotatable bonds is 2. The second-order valence-corrected chi connectivity index (χ2v) is 5.89. The molecule has 1 unspecified atom stereocenters. The predicted octanol–water partition coefficient (Wildman–Crippen LogP) is 3.43. The minimum Gasteiger partial charge on any atom is -0.323 e. The smallest absolute Gasteiger partial charge is 0.253 e. The topological polar surface area (TPSA) is 26.0 Å². The summed E-state index contributed by atoms with van der Waals surface area (Å²) < 4.78 is 24.8. The lowest BCUT2D eigenvalue weighted by Gasteiger charge is -2.38. The Morgan fingerprint density at radius 1 is 1.07 bits per heavy atom. The average Bonchev–Trinajstić information content (AvgIpc) is 2.15. The predicted molar refractivity (Wildman–Crippen MR) is 58.9 cm³/mol. The highest BCUT2D eigenvalue weighted by molar-refractivity contribution is 4.85. The van der Waals surface area contributed by atoms with Gasteiger partial charge in [0.25, 0.3) is 6.43 Å². The van der Waals surface area contributed by atoms with Gasteiger partial charge in [0.05, 0.1) is 6.04 Å². The first kappa shape index (κ1) is 12.9. The highest BCUT2D eigenvalue weighted by atomic mass is 19.3. The molecule has 0 spiro atoms. The Hall–Kier alpha value is -0.180. The Bertz CT molecular complexity index is 190. The van der Waals surface area contributed by atoms with Crippen molar-refractivity contribution in [1.82, 2.24) is 0 Å². The average molecular weight is 219 g/mol. The molecule has 1 fully saturated rings. The van der Waals surface area contributed by atoms with E-state index < -0.39 is 12.5 Å². The van der Waals surface area contributed by atoms with Gasteiger partial charge in [-0.15, -0.1) is 0 Å². The number of alkyl halides is 2. The molecule has 0 aromatic rings. The summed E-state index contributed by atoms with van der Waals surface area (Å²) in [5.74, 6) is 0.697. The SMILES string of the molecule is CC(C)(C)C1CCC(C(N)C(F)F)CC1. The molecule has 2 N–H and O–H groups in total. The summed E-state index contributed by atoms with van der Waals surface area (Å²) >= 11 is 0. The molecule has 0 aromatic heterocycles. The van der Waals surface area contributed by atoms with Gasteiger partial charge >= 0.3 is 0 Å². The molecule has 0 heterocycles. The van der Waals surface area contributed by atoms with E-state index >= 15 is 0 Å². The zero-order valence-electron chi connectivity index (χ0n) is 9.97. The molecule has 0 radical (unpaired) electrons. The van der Waals surface area contributed by atoms with Crippen LogP contribution in [0.5, 0.6) is 0 Å². The van der Waals surface area contributed by atoms with Gasteiger partial charge in [0.2, 0.25) is 0 Å². The van der Waals surface area contributed by atoms with Gasteiger partial charge in [-0.3, -0.25) is 0 Å². The van der Waals surface area contributed by atoms with Crippen molar-refractivity contribution in [3.63, 3.8) is 0 Å². The molecule has 0 aliphatic heterocycles. The standard InChI is InChI=1S/C12H23F2N/c1-12(2,3)9-6-4-8(5-7-9)10(15)11(13)14/h8-11H,4-7,15H2,1-3H3. The molecular weight excluding hydrogens is 196 g/mol. The van der Waals surface area contributed by atoms with Gasteiger partial charge in [0.15, 0.2) is 0 Å². The van der Waals surface area contributed by atoms with Crippen molar-refractivity contribution in [1.29, 1.82) is 0 Å². The number of nitrogens with two attached hydrogens (primary N) is 1. The van der Waals surface area contributed by atoms with Crippen molar-refractivity contribution in [2.75, 3.05) is 0 Å². The summed E-state index contributed by atoms with van der Waals surface area (Å²) in [6.07, 6.45) is 1.48. The molecule has 0 amide bonds. The fourth-order valence-electron chi connectivity index (χ4n) is 2.58. The van der Waals surface area contributed by atoms with Gasteiger partial charge in [-0.25, -0.2) is 8.78 Å². The van der Waals surface area contributed by atoms with E-state index in [0.717, 1.165) is 25.7 Å². The largest absolute Gasteiger partial charge is 0.323 e. The maximum absolute atomic E-state index is 12.4. The second-order valence-electron chi connectivity index (χ2n) is 5.89. The summed E-state index contributed by atoms with van der Waals surface area (Å²) in [7, 11) is 0. The lowest BCUT2D eigenvalue weighted by molar-refractivity contribution is 0.0588. The number of hydrogen-bond acceptors (Lipinski definition) is 1. The van der Waals surface area contributed by atoms with E-state index in [1.165, 1.54) is 0 Å². The van der Waals surface area contributed by atoms with Crippen LogP contribution in [-0.4, -0.2) is 12.5 Å². The molecule has 90 valence electrons. The van der Waals surface area contributed by atoms with Crippen LogP contribution >= 0.6 is 0 Å². The third-order valence-corrected chi connectivity index (χ3v) is 3.83. The first-order valence-corrected chi connectivity index (χ1v) is 5.86. The third-order valence-electron chi connectivity index (χ3n) is 3.83. The van der Waals surface area contributed by atoms with E-state index in [9.17, 15) is 8.78 Å². The molecule has 1 aliphatic carbocycles. The van der Waals surface area contributed by atoms with Crippen LogP contribution in [0.1, 0.15) is 46.5 Å². The Morgan fingerprint density at radius 2 is 1.53 bits per heavy atom. The number of hydrogen-bond donors (Lipinski definition) is 1. The first-order valence-electron chi connectivity index (χ1n) is 5.86. The fraction of sp³-hybridized carbons (Fsp3) is 1.00. The Labute approximate surface area is 91.4 Å². The molecule has 1 atom stereocenters.